The highest BCUT2D eigenvalue weighted by Gasteiger charge is 2.16. The van der Waals surface area contributed by atoms with Crippen molar-refractivity contribution in [3.8, 4) is 0 Å². The number of benzene rings is 1. The standard InChI is InChI=1S/C12H11NO6S/c1-18-12(15)7-13-20(16,17)9-3-4-10-8(6-9)2-5-11(14)19-10/h2-6,13H,7H2,1H3. The van der Waals surface area contributed by atoms with Gasteiger partial charge in [0, 0.05) is 11.5 Å². The van der Waals surface area contributed by atoms with Crippen LogP contribution in [0.1, 0.15) is 0 Å². The fraction of sp³-hybridized carbons (Fsp3) is 0.167. The maximum Gasteiger partial charge on any atom is 0.336 e. The average Bonchev–Trinajstić information content (AvgIpc) is 2.44. The lowest BCUT2D eigenvalue weighted by molar-refractivity contribution is -0.139. The Morgan fingerprint density at radius 3 is 2.75 bits per heavy atom. The number of carbonyl (C=O) groups excluding carboxylic acids is 1. The molecule has 8 heteroatoms. The van der Waals surface area contributed by atoms with E-state index in [1.807, 2.05) is 0 Å². The minimum Gasteiger partial charge on any atom is -0.468 e. The Morgan fingerprint density at radius 2 is 2.05 bits per heavy atom. The zero-order valence-corrected chi connectivity index (χ0v) is 11.3. The number of rotatable bonds is 4. The van der Waals surface area contributed by atoms with E-state index in [1.165, 1.54) is 30.3 Å². The molecule has 0 radical (unpaired) electrons. The molecule has 2 rings (SSSR count). The zero-order valence-electron chi connectivity index (χ0n) is 10.5. The van der Waals surface area contributed by atoms with Crippen molar-refractivity contribution in [2.75, 3.05) is 13.7 Å². The second kappa shape index (κ2) is 5.43. The first kappa shape index (κ1) is 14.2. The largest absolute Gasteiger partial charge is 0.468 e. The first-order chi connectivity index (χ1) is 9.42. The van der Waals surface area contributed by atoms with Crippen molar-refractivity contribution < 1.29 is 22.4 Å². The Labute approximate surface area is 114 Å². The first-order valence-corrected chi connectivity index (χ1v) is 7.01. The lowest BCUT2D eigenvalue weighted by Crippen LogP contribution is -2.30. The molecule has 0 fully saturated rings. The predicted octanol–water partition coefficient (Wildman–Crippen LogP) is 0.244. The second-order valence-corrected chi connectivity index (χ2v) is 5.62. The quantitative estimate of drug-likeness (QED) is 0.640. The second-order valence-electron chi connectivity index (χ2n) is 3.85. The minimum absolute atomic E-state index is 0.0391. The van der Waals surface area contributed by atoms with E-state index in [0.29, 0.717) is 5.39 Å². The van der Waals surface area contributed by atoms with Crippen LogP contribution in [-0.4, -0.2) is 28.0 Å². The van der Waals surface area contributed by atoms with Gasteiger partial charge in [-0.25, -0.2) is 13.2 Å². The van der Waals surface area contributed by atoms with E-state index >= 15 is 0 Å². The van der Waals surface area contributed by atoms with Gasteiger partial charge >= 0.3 is 11.6 Å². The van der Waals surface area contributed by atoms with Crippen LogP contribution in [0.4, 0.5) is 0 Å². The number of esters is 1. The number of fused-ring (bicyclic) bond motifs is 1. The summed E-state index contributed by atoms with van der Waals surface area (Å²) in [5, 5.41) is 0.463. The van der Waals surface area contributed by atoms with Gasteiger partial charge in [-0.3, -0.25) is 4.79 Å². The van der Waals surface area contributed by atoms with Gasteiger partial charge in [0.2, 0.25) is 10.0 Å². The highest BCUT2D eigenvalue weighted by molar-refractivity contribution is 7.89. The molecular weight excluding hydrogens is 286 g/mol. The molecule has 106 valence electrons. The number of nitrogens with one attached hydrogen (secondary N) is 1. The molecule has 0 amide bonds. The summed E-state index contributed by atoms with van der Waals surface area (Å²) < 4.78 is 35.3. The minimum atomic E-state index is -3.84. The summed E-state index contributed by atoms with van der Waals surface area (Å²) in [7, 11) is -2.68. The number of methoxy groups -OCH3 is 1. The Balaban J connectivity index is 2.34. The molecule has 0 atom stereocenters. The third-order valence-corrected chi connectivity index (χ3v) is 3.93. The highest BCUT2D eigenvalue weighted by Crippen LogP contribution is 2.17. The third kappa shape index (κ3) is 3.03. The molecule has 0 spiro atoms. The predicted molar refractivity (Wildman–Crippen MR) is 69.7 cm³/mol. The Hall–Kier alpha value is -2.19. The van der Waals surface area contributed by atoms with Crippen LogP contribution in [0, 0.1) is 0 Å². The van der Waals surface area contributed by atoms with Crippen molar-refractivity contribution in [3.63, 3.8) is 0 Å². The topological polar surface area (TPSA) is 103 Å². The maximum absolute atomic E-state index is 12.0. The third-order valence-electron chi connectivity index (χ3n) is 2.54. The van der Waals surface area contributed by atoms with Crippen LogP contribution in [0.5, 0.6) is 0 Å². The van der Waals surface area contributed by atoms with E-state index in [-0.39, 0.29) is 10.5 Å². The summed E-state index contributed by atoms with van der Waals surface area (Å²) >= 11 is 0. The normalized spacial score (nSPS) is 11.4. The Bertz CT molecular complexity index is 808. The lowest BCUT2D eigenvalue weighted by Gasteiger charge is -2.06. The summed E-state index contributed by atoms with van der Waals surface area (Å²) in [4.78, 5) is 21.9. The van der Waals surface area contributed by atoms with E-state index < -0.39 is 28.2 Å². The van der Waals surface area contributed by atoms with Crippen LogP contribution in [-0.2, 0) is 19.6 Å². The fourth-order valence-corrected chi connectivity index (χ4v) is 2.53. The van der Waals surface area contributed by atoms with Gasteiger partial charge in [0.15, 0.2) is 0 Å². The van der Waals surface area contributed by atoms with Crippen LogP contribution in [0.3, 0.4) is 0 Å². The molecule has 0 aliphatic rings. The van der Waals surface area contributed by atoms with Gasteiger partial charge in [-0.2, -0.15) is 4.72 Å². The molecular formula is C12H11NO6S. The van der Waals surface area contributed by atoms with Crippen LogP contribution in [0.15, 0.2) is 44.4 Å². The van der Waals surface area contributed by atoms with Gasteiger partial charge in [-0.1, -0.05) is 0 Å². The average molecular weight is 297 g/mol. The Morgan fingerprint density at radius 1 is 1.30 bits per heavy atom. The molecule has 0 saturated heterocycles. The number of carbonyl (C=O) groups is 1. The van der Waals surface area contributed by atoms with Gasteiger partial charge in [0.1, 0.15) is 12.1 Å². The van der Waals surface area contributed by atoms with E-state index in [2.05, 4.69) is 9.46 Å². The highest BCUT2D eigenvalue weighted by atomic mass is 32.2. The van der Waals surface area contributed by atoms with E-state index in [1.54, 1.807) is 0 Å². The molecule has 0 bridgehead atoms. The van der Waals surface area contributed by atoms with Crippen molar-refractivity contribution in [1.29, 1.82) is 0 Å². The number of hydrogen-bond donors (Lipinski definition) is 1. The molecule has 1 N–H and O–H groups in total. The molecule has 0 unspecified atom stereocenters. The molecule has 1 aromatic heterocycles. The smallest absolute Gasteiger partial charge is 0.336 e. The van der Waals surface area contributed by atoms with Gasteiger partial charge in [-0.05, 0) is 24.3 Å². The molecule has 0 aliphatic carbocycles. The van der Waals surface area contributed by atoms with E-state index in [9.17, 15) is 18.0 Å². The lowest BCUT2D eigenvalue weighted by atomic mass is 10.2. The fourth-order valence-electron chi connectivity index (χ4n) is 1.53. The molecule has 7 nitrogen and oxygen atoms in total. The van der Waals surface area contributed by atoms with Crippen molar-refractivity contribution >= 4 is 27.0 Å². The van der Waals surface area contributed by atoms with E-state index in [0.717, 1.165) is 7.11 Å². The summed E-state index contributed by atoms with van der Waals surface area (Å²) in [5.41, 5.74) is -0.235. The van der Waals surface area contributed by atoms with Gasteiger partial charge < -0.3 is 9.15 Å². The van der Waals surface area contributed by atoms with Crippen molar-refractivity contribution in [2.24, 2.45) is 0 Å². The van der Waals surface area contributed by atoms with Crippen LogP contribution >= 0.6 is 0 Å². The summed E-state index contributed by atoms with van der Waals surface area (Å²) in [6, 6.07) is 6.66. The summed E-state index contributed by atoms with van der Waals surface area (Å²) in [6.45, 7) is -0.458. The number of ether oxygens (including phenoxy) is 1. The zero-order chi connectivity index (χ0) is 14.8. The molecule has 0 aliphatic heterocycles. The molecule has 1 heterocycles. The van der Waals surface area contributed by atoms with Gasteiger partial charge in [0.25, 0.3) is 0 Å². The van der Waals surface area contributed by atoms with Crippen molar-refractivity contribution in [3.05, 3.63) is 40.8 Å². The van der Waals surface area contributed by atoms with Crippen molar-refractivity contribution in [1.82, 2.24) is 4.72 Å². The summed E-state index contributed by atoms with van der Waals surface area (Å²) in [5.74, 6) is -0.694. The van der Waals surface area contributed by atoms with Crippen LogP contribution in [0.2, 0.25) is 0 Å². The molecule has 20 heavy (non-hydrogen) atoms. The Kier molecular flexibility index (Phi) is 3.86. The van der Waals surface area contributed by atoms with Gasteiger partial charge in [-0.15, -0.1) is 0 Å². The number of sulfonamides is 1. The van der Waals surface area contributed by atoms with E-state index in [4.69, 9.17) is 4.42 Å². The SMILES string of the molecule is COC(=O)CNS(=O)(=O)c1ccc2oc(=O)ccc2c1. The molecule has 0 saturated carbocycles. The number of hydrogen-bond acceptors (Lipinski definition) is 6. The van der Waals surface area contributed by atoms with Crippen LogP contribution < -0.4 is 10.3 Å². The van der Waals surface area contributed by atoms with Crippen molar-refractivity contribution in [2.45, 2.75) is 4.90 Å². The molecule has 2 aromatic rings. The maximum atomic E-state index is 12.0. The monoisotopic (exact) mass is 297 g/mol. The molecule has 1 aromatic carbocycles. The van der Waals surface area contributed by atoms with Gasteiger partial charge in [0.05, 0.1) is 12.0 Å². The van der Waals surface area contributed by atoms with Crippen LogP contribution in [0.25, 0.3) is 11.0 Å². The summed E-state index contributed by atoms with van der Waals surface area (Å²) in [6.07, 6.45) is 0. The first-order valence-electron chi connectivity index (χ1n) is 5.53.